The van der Waals surface area contributed by atoms with Gasteiger partial charge in [-0.2, -0.15) is 0 Å². The molecule has 0 bridgehead atoms. The largest absolute Gasteiger partial charge is 0.481 e. The molecule has 0 radical (unpaired) electrons. The molecule has 3 nitrogen and oxygen atoms in total. The quantitative estimate of drug-likeness (QED) is 0.750. The number of hydrogen-bond donors (Lipinski definition) is 1. The third-order valence-corrected chi connectivity index (χ3v) is 1.75. The molecule has 3 heteroatoms. The monoisotopic (exact) mass is 168 g/mol. The molecule has 1 rings (SSSR count). The smallest absolute Gasteiger partial charge is 0.303 e. The molecule has 66 valence electrons. The highest BCUT2D eigenvalue weighted by Gasteiger charge is 2.05. The maximum atomic E-state index is 10.3. The molecular weight excluding hydrogens is 156 g/mol. The van der Waals surface area contributed by atoms with Gasteiger partial charge in [0, 0.05) is 6.42 Å². The van der Waals surface area contributed by atoms with Crippen molar-refractivity contribution in [1.29, 1.82) is 0 Å². The lowest BCUT2D eigenvalue weighted by atomic mass is 10.1. The molecule has 0 saturated carbocycles. The Morgan fingerprint density at radius 3 is 2.67 bits per heavy atom. The van der Waals surface area contributed by atoms with Gasteiger partial charge >= 0.3 is 5.97 Å². The van der Waals surface area contributed by atoms with Gasteiger partial charge in [-0.15, -0.1) is 0 Å². The predicted octanol–water partition coefficient (Wildman–Crippen LogP) is 1.91. The van der Waals surface area contributed by atoms with Gasteiger partial charge < -0.3 is 9.52 Å². The van der Waals surface area contributed by atoms with E-state index in [4.69, 9.17) is 9.52 Å². The van der Waals surface area contributed by atoms with Gasteiger partial charge in [0.1, 0.15) is 11.5 Å². The topological polar surface area (TPSA) is 50.4 Å². The van der Waals surface area contributed by atoms with Gasteiger partial charge in [-0.3, -0.25) is 4.79 Å². The van der Waals surface area contributed by atoms with E-state index in [-0.39, 0.29) is 6.42 Å². The van der Waals surface area contributed by atoms with Crippen LogP contribution < -0.4 is 0 Å². The molecule has 0 amide bonds. The second kappa shape index (κ2) is 3.43. The third-order valence-electron chi connectivity index (χ3n) is 1.75. The number of carboxylic acid groups (broad SMARTS) is 1. The second-order valence-electron chi connectivity index (χ2n) is 2.83. The maximum Gasteiger partial charge on any atom is 0.303 e. The van der Waals surface area contributed by atoms with Crippen molar-refractivity contribution in [3.05, 3.63) is 23.2 Å². The molecule has 0 aliphatic heterocycles. The normalized spacial score (nSPS) is 10.2. The fourth-order valence-electron chi connectivity index (χ4n) is 1.17. The molecule has 0 atom stereocenters. The fraction of sp³-hybridized carbons (Fsp3) is 0.444. The van der Waals surface area contributed by atoms with Crippen LogP contribution in [-0.4, -0.2) is 11.1 Å². The van der Waals surface area contributed by atoms with Crippen molar-refractivity contribution in [2.24, 2.45) is 0 Å². The van der Waals surface area contributed by atoms with Crippen molar-refractivity contribution >= 4 is 5.97 Å². The molecule has 0 unspecified atom stereocenters. The first-order chi connectivity index (χ1) is 5.59. The molecule has 0 fully saturated rings. The zero-order valence-electron chi connectivity index (χ0n) is 7.26. The third kappa shape index (κ3) is 2.12. The second-order valence-corrected chi connectivity index (χ2v) is 2.83. The van der Waals surface area contributed by atoms with Crippen molar-refractivity contribution in [3.8, 4) is 0 Å². The zero-order chi connectivity index (χ0) is 9.14. The summed E-state index contributed by atoms with van der Waals surface area (Å²) in [4.78, 5) is 10.3. The van der Waals surface area contributed by atoms with E-state index in [1.54, 1.807) is 0 Å². The van der Waals surface area contributed by atoms with E-state index in [0.717, 1.165) is 17.1 Å². The molecular formula is C9H12O3. The van der Waals surface area contributed by atoms with E-state index in [2.05, 4.69) is 0 Å². The van der Waals surface area contributed by atoms with Crippen LogP contribution in [-0.2, 0) is 11.2 Å². The van der Waals surface area contributed by atoms with E-state index in [9.17, 15) is 4.79 Å². The van der Waals surface area contributed by atoms with Gasteiger partial charge in [0.25, 0.3) is 0 Å². The first-order valence-electron chi connectivity index (χ1n) is 3.87. The highest BCUT2D eigenvalue weighted by molar-refractivity contribution is 5.67. The SMILES string of the molecule is Cc1cc(CCC(=O)O)c(C)o1. The Balaban J connectivity index is 2.62. The Morgan fingerprint density at radius 1 is 1.58 bits per heavy atom. The summed E-state index contributed by atoms with van der Waals surface area (Å²) in [6.07, 6.45) is 0.721. The van der Waals surface area contributed by atoms with Crippen molar-refractivity contribution in [3.63, 3.8) is 0 Å². The number of rotatable bonds is 3. The van der Waals surface area contributed by atoms with Crippen molar-refractivity contribution in [1.82, 2.24) is 0 Å². The Hall–Kier alpha value is -1.25. The van der Waals surface area contributed by atoms with Gasteiger partial charge in [0.15, 0.2) is 0 Å². The van der Waals surface area contributed by atoms with Crippen molar-refractivity contribution < 1.29 is 14.3 Å². The Bertz CT molecular complexity index is 286. The van der Waals surface area contributed by atoms with Gasteiger partial charge in [-0.1, -0.05) is 0 Å². The highest BCUT2D eigenvalue weighted by atomic mass is 16.4. The molecule has 1 aromatic heterocycles. The van der Waals surface area contributed by atoms with Gasteiger partial charge in [-0.05, 0) is 31.9 Å². The summed E-state index contributed by atoms with van der Waals surface area (Å²) in [6, 6.07) is 1.89. The fourth-order valence-corrected chi connectivity index (χ4v) is 1.17. The van der Waals surface area contributed by atoms with Crippen LogP contribution in [0.15, 0.2) is 10.5 Å². The molecule has 1 N–H and O–H groups in total. The number of furan rings is 1. The molecule has 1 aromatic rings. The van der Waals surface area contributed by atoms with Crippen LogP contribution in [0, 0.1) is 13.8 Å². The van der Waals surface area contributed by atoms with Crippen molar-refractivity contribution in [2.45, 2.75) is 26.7 Å². The summed E-state index contributed by atoms with van der Waals surface area (Å²) in [5.74, 6) is 0.898. The summed E-state index contributed by atoms with van der Waals surface area (Å²) in [5.41, 5.74) is 0.995. The highest BCUT2D eigenvalue weighted by Crippen LogP contribution is 2.15. The van der Waals surface area contributed by atoms with E-state index in [1.807, 2.05) is 19.9 Å². The minimum atomic E-state index is -0.770. The van der Waals surface area contributed by atoms with Crippen LogP contribution in [0.2, 0.25) is 0 Å². The minimum Gasteiger partial charge on any atom is -0.481 e. The predicted molar refractivity (Wildman–Crippen MR) is 44.1 cm³/mol. The summed E-state index contributed by atoms with van der Waals surface area (Å²) >= 11 is 0. The Morgan fingerprint density at radius 2 is 2.25 bits per heavy atom. The number of aryl methyl sites for hydroxylation is 3. The summed E-state index contributed by atoms with van der Waals surface area (Å²) < 4.78 is 5.25. The molecule has 0 saturated heterocycles. The number of carbonyl (C=O) groups is 1. The number of aliphatic carboxylic acids is 1. The lowest BCUT2D eigenvalue weighted by Crippen LogP contribution is -1.97. The Labute approximate surface area is 71.0 Å². The van der Waals surface area contributed by atoms with Gasteiger partial charge in [0.2, 0.25) is 0 Å². The first-order valence-corrected chi connectivity index (χ1v) is 3.87. The summed E-state index contributed by atoms with van der Waals surface area (Å²) in [5, 5.41) is 8.44. The van der Waals surface area contributed by atoms with Crippen LogP contribution >= 0.6 is 0 Å². The molecule has 0 spiro atoms. The zero-order valence-corrected chi connectivity index (χ0v) is 7.26. The van der Waals surface area contributed by atoms with Gasteiger partial charge in [-0.25, -0.2) is 0 Å². The average Bonchev–Trinajstić information content (AvgIpc) is 2.26. The standard InChI is InChI=1S/C9H12O3/c1-6-5-8(7(2)12-6)3-4-9(10)11/h5H,3-4H2,1-2H3,(H,10,11). The first kappa shape index (κ1) is 8.84. The Kier molecular flexibility index (Phi) is 2.53. The van der Waals surface area contributed by atoms with Crippen LogP contribution in [0.5, 0.6) is 0 Å². The molecule has 0 aromatic carbocycles. The molecule has 0 aliphatic carbocycles. The minimum absolute atomic E-state index is 0.166. The lowest BCUT2D eigenvalue weighted by Gasteiger charge is -1.93. The van der Waals surface area contributed by atoms with E-state index < -0.39 is 5.97 Å². The van der Waals surface area contributed by atoms with Crippen molar-refractivity contribution in [2.75, 3.05) is 0 Å². The maximum absolute atomic E-state index is 10.3. The number of carboxylic acids is 1. The van der Waals surface area contributed by atoms with Crippen LogP contribution in [0.4, 0.5) is 0 Å². The van der Waals surface area contributed by atoms with E-state index >= 15 is 0 Å². The van der Waals surface area contributed by atoms with E-state index in [0.29, 0.717) is 6.42 Å². The molecule has 0 aliphatic rings. The van der Waals surface area contributed by atoms with Crippen LogP contribution in [0.1, 0.15) is 23.5 Å². The average molecular weight is 168 g/mol. The van der Waals surface area contributed by atoms with Gasteiger partial charge in [0.05, 0.1) is 0 Å². The summed E-state index contributed by atoms with van der Waals surface area (Å²) in [7, 11) is 0. The van der Waals surface area contributed by atoms with E-state index in [1.165, 1.54) is 0 Å². The summed E-state index contributed by atoms with van der Waals surface area (Å²) in [6.45, 7) is 3.71. The van der Waals surface area contributed by atoms with Crippen LogP contribution in [0.25, 0.3) is 0 Å². The molecule has 1 heterocycles. The molecule has 12 heavy (non-hydrogen) atoms. The number of hydrogen-bond acceptors (Lipinski definition) is 2. The van der Waals surface area contributed by atoms with Crippen LogP contribution in [0.3, 0.4) is 0 Å². The lowest BCUT2D eigenvalue weighted by molar-refractivity contribution is -0.136.